The van der Waals surface area contributed by atoms with Crippen molar-refractivity contribution in [3.05, 3.63) is 50.5 Å². The predicted octanol–water partition coefficient (Wildman–Crippen LogP) is 3.41. The zero-order valence-electron chi connectivity index (χ0n) is 18.4. The summed E-state index contributed by atoms with van der Waals surface area (Å²) in [7, 11) is 0. The number of halogens is 3. The molecule has 2 atom stereocenters. The molecule has 35 heavy (non-hydrogen) atoms. The third kappa shape index (κ3) is 7.91. The number of carboxylic acids is 2. The van der Waals surface area contributed by atoms with Gasteiger partial charge >= 0.3 is 11.9 Å². The average Bonchev–Trinajstić information content (AvgIpc) is 2.72. The number of hydrogen-bond donors (Lipinski definition) is 5. The molecule has 0 aromatic heterocycles. The zero-order chi connectivity index (χ0) is 26.4. The summed E-state index contributed by atoms with van der Waals surface area (Å²) in [5.74, 6) is -4.31. The Kier molecular flexibility index (Phi) is 9.58. The molecule has 13 heteroatoms. The van der Waals surface area contributed by atoms with E-state index in [2.05, 4.69) is 10.6 Å². The first kappa shape index (κ1) is 28.0. The van der Waals surface area contributed by atoms with E-state index in [1.165, 1.54) is 38.1 Å². The molecular formula is C22H21Cl3N2O8. The third-order valence-electron chi connectivity index (χ3n) is 4.59. The van der Waals surface area contributed by atoms with Gasteiger partial charge in [0.2, 0.25) is 11.8 Å². The normalized spacial score (nSPS) is 12.4. The zero-order valence-corrected chi connectivity index (χ0v) is 20.7. The summed E-state index contributed by atoms with van der Waals surface area (Å²) in [5.41, 5.74) is 0.719. The number of rotatable bonds is 10. The van der Waals surface area contributed by atoms with Crippen molar-refractivity contribution in [2.45, 2.75) is 38.8 Å². The number of aromatic hydroxyl groups is 1. The fourth-order valence-electron chi connectivity index (χ4n) is 3.12. The number of carboxylic acid groups (broad SMARTS) is 2. The van der Waals surface area contributed by atoms with E-state index in [0.29, 0.717) is 11.1 Å². The molecule has 2 amide bonds. The lowest BCUT2D eigenvalue weighted by Crippen LogP contribution is -2.41. The second kappa shape index (κ2) is 12.0. The van der Waals surface area contributed by atoms with Crippen LogP contribution in [0, 0.1) is 0 Å². The molecule has 188 valence electrons. The SMILES string of the molecule is CC(=O)N[C@@H](Cc1cc(Cl)c(Oc2cc(C[C@H](NC(C)=O)C(=O)O)cc(Cl)c2O)c(Cl)c1)C(=O)O. The van der Waals surface area contributed by atoms with Crippen molar-refractivity contribution in [1.29, 1.82) is 0 Å². The van der Waals surface area contributed by atoms with Crippen LogP contribution in [0.4, 0.5) is 0 Å². The number of phenols is 1. The van der Waals surface area contributed by atoms with Gasteiger partial charge < -0.3 is 30.7 Å². The van der Waals surface area contributed by atoms with E-state index in [0.717, 1.165) is 0 Å². The van der Waals surface area contributed by atoms with Gasteiger partial charge in [-0.1, -0.05) is 34.8 Å². The van der Waals surface area contributed by atoms with E-state index in [4.69, 9.17) is 39.5 Å². The molecule has 0 radical (unpaired) electrons. The second-order valence-electron chi connectivity index (χ2n) is 7.51. The summed E-state index contributed by atoms with van der Waals surface area (Å²) < 4.78 is 5.67. The first-order valence-electron chi connectivity index (χ1n) is 9.95. The lowest BCUT2D eigenvalue weighted by molar-refractivity contribution is -0.141. The van der Waals surface area contributed by atoms with Crippen molar-refractivity contribution in [2.75, 3.05) is 0 Å². The van der Waals surface area contributed by atoms with Crippen LogP contribution in [0.3, 0.4) is 0 Å². The van der Waals surface area contributed by atoms with E-state index in [1.54, 1.807) is 0 Å². The standard InChI is InChI=1S/C22H21Cl3N2O8/c1-9(28)26-16(21(31)32)6-11-4-14(24)20(15(25)5-11)35-18-8-12(3-13(23)19(18)30)7-17(22(33)34)27-10(2)29/h3-5,8,16-17,30H,6-7H2,1-2H3,(H,26,28)(H,27,29)(H,31,32)(H,33,34)/t16-,17-/m0/s1. The molecule has 0 fully saturated rings. The molecule has 2 rings (SSSR count). The highest BCUT2D eigenvalue weighted by molar-refractivity contribution is 6.37. The van der Waals surface area contributed by atoms with Crippen LogP contribution >= 0.6 is 34.8 Å². The summed E-state index contributed by atoms with van der Waals surface area (Å²) >= 11 is 18.6. The summed E-state index contributed by atoms with van der Waals surface area (Å²) in [5, 5.41) is 33.4. The maximum absolute atomic E-state index is 11.4. The van der Waals surface area contributed by atoms with Gasteiger partial charge in [0.1, 0.15) is 12.1 Å². The maximum atomic E-state index is 11.4. The van der Waals surface area contributed by atoms with Gasteiger partial charge in [-0.05, 0) is 35.4 Å². The summed E-state index contributed by atoms with van der Waals surface area (Å²) in [6, 6.07) is 2.95. The Bertz CT molecular complexity index is 1150. The van der Waals surface area contributed by atoms with Crippen LogP contribution in [-0.2, 0) is 32.0 Å². The lowest BCUT2D eigenvalue weighted by Gasteiger charge is -2.17. The molecule has 2 aromatic rings. The number of amides is 2. The van der Waals surface area contributed by atoms with E-state index in [1.807, 2.05) is 0 Å². The highest BCUT2D eigenvalue weighted by Crippen LogP contribution is 2.43. The Balaban J connectivity index is 2.35. The van der Waals surface area contributed by atoms with Crippen LogP contribution in [-0.4, -0.2) is 51.2 Å². The molecule has 0 aliphatic rings. The Hall–Kier alpha value is -3.21. The molecule has 0 bridgehead atoms. The first-order valence-corrected chi connectivity index (χ1v) is 11.1. The highest BCUT2D eigenvalue weighted by atomic mass is 35.5. The van der Waals surface area contributed by atoms with Crippen molar-refractivity contribution < 1.29 is 39.2 Å². The first-order chi connectivity index (χ1) is 16.3. The van der Waals surface area contributed by atoms with E-state index in [-0.39, 0.29) is 39.4 Å². The van der Waals surface area contributed by atoms with Crippen LogP contribution < -0.4 is 15.4 Å². The van der Waals surface area contributed by atoms with Crippen molar-refractivity contribution in [2.24, 2.45) is 0 Å². The van der Waals surface area contributed by atoms with Crippen molar-refractivity contribution in [3.63, 3.8) is 0 Å². The van der Waals surface area contributed by atoms with Crippen LogP contribution in [0.15, 0.2) is 24.3 Å². The lowest BCUT2D eigenvalue weighted by atomic mass is 10.0. The average molecular weight is 548 g/mol. The minimum Gasteiger partial charge on any atom is -0.503 e. The van der Waals surface area contributed by atoms with E-state index < -0.39 is 41.6 Å². The second-order valence-corrected chi connectivity index (χ2v) is 8.73. The van der Waals surface area contributed by atoms with Gasteiger partial charge in [-0.3, -0.25) is 9.59 Å². The van der Waals surface area contributed by atoms with Gasteiger partial charge in [-0.25, -0.2) is 9.59 Å². The van der Waals surface area contributed by atoms with E-state index >= 15 is 0 Å². The number of nitrogens with one attached hydrogen (secondary N) is 2. The molecular weight excluding hydrogens is 527 g/mol. The van der Waals surface area contributed by atoms with Crippen LogP contribution in [0.5, 0.6) is 17.2 Å². The molecule has 0 saturated carbocycles. The Morgan fingerprint density at radius 3 is 1.60 bits per heavy atom. The molecule has 2 aromatic carbocycles. The molecule has 0 spiro atoms. The maximum Gasteiger partial charge on any atom is 0.326 e. The van der Waals surface area contributed by atoms with Crippen molar-refractivity contribution in [3.8, 4) is 17.2 Å². The third-order valence-corrected chi connectivity index (χ3v) is 5.44. The molecule has 0 unspecified atom stereocenters. The van der Waals surface area contributed by atoms with Crippen LogP contribution in [0.1, 0.15) is 25.0 Å². The smallest absolute Gasteiger partial charge is 0.326 e. The van der Waals surface area contributed by atoms with Crippen LogP contribution in [0.25, 0.3) is 0 Å². The number of carbonyl (C=O) groups excluding carboxylic acids is 2. The number of benzene rings is 2. The van der Waals surface area contributed by atoms with Gasteiger partial charge in [-0.15, -0.1) is 0 Å². The van der Waals surface area contributed by atoms with Crippen molar-refractivity contribution >= 4 is 58.6 Å². The Morgan fingerprint density at radius 1 is 0.800 bits per heavy atom. The minimum atomic E-state index is -1.27. The number of aliphatic carboxylic acids is 2. The highest BCUT2D eigenvalue weighted by Gasteiger charge is 2.23. The topological polar surface area (TPSA) is 162 Å². The van der Waals surface area contributed by atoms with E-state index in [9.17, 15) is 34.5 Å². The number of phenolic OH excluding ortho intramolecular Hbond substituents is 1. The number of carbonyl (C=O) groups is 4. The monoisotopic (exact) mass is 546 g/mol. The molecule has 10 nitrogen and oxygen atoms in total. The van der Waals surface area contributed by atoms with Crippen LogP contribution in [0.2, 0.25) is 15.1 Å². The van der Waals surface area contributed by atoms with Crippen molar-refractivity contribution in [1.82, 2.24) is 10.6 Å². The fraction of sp³-hybridized carbons (Fsp3) is 0.273. The summed E-state index contributed by atoms with van der Waals surface area (Å²) in [6.45, 7) is 2.37. The largest absolute Gasteiger partial charge is 0.503 e. The number of hydrogen-bond acceptors (Lipinski definition) is 6. The quantitative estimate of drug-likeness (QED) is 0.302. The molecule has 0 aliphatic heterocycles. The molecule has 0 aliphatic carbocycles. The van der Waals surface area contributed by atoms with Gasteiger partial charge in [0.15, 0.2) is 17.2 Å². The van der Waals surface area contributed by atoms with Gasteiger partial charge in [0.25, 0.3) is 0 Å². The minimum absolute atomic E-state index is 0.0259. The number of ether oxygens (including phenoxy) is 1. The van der Waals surface area contributed by atoms with Gasteiger partial charge in [-0.2, -0.15) is 0 Å². The van der Waals surface area contributed by atoms with Gasteiger partial charge in [0, 0.05) is 26.7 Å². The molecule has 0 heterocycles. The van der Waals surface area contributed by atoms with Gasteiger partial charge in [0.05, 0.1) is 15.1 Å². The molecule has 0 saturated heterocycles. The fourth-order valence-corrected chi connectivity index (χ4v) is 3.97. The predicted molar refractivity (Wildman–Crippen MR) is 128 cm³/mol. The summed E-state index contributed by atoms with van der Waals surface area (Å²) in [4.78, 5) is 45.4. The Labute approximate surface area is 214 Å². The molecule has 5 N–H and O–H groups in total. The summed E-state index contributed by atoms with van der Waals surface area (Å²) in [6.07, 6.45) is -0.272. The Morgan fingerprint density at radius 2 is 1.20 bits per heavy atom.